The number of rotatable bonds is 9. The van der Waals surface area contributed by atoms with Gasteiger partial charge in [-0.1, -0.05) is 24.3 Å². The van der Waals surface area contributed by atoms with Crippen molar-refractivity contribution >= 4 is 17.6 Å². The van der Waals surface area contributed by atoms with Gasteiger partial charge in [-0.15, -0.1) is 0 Å². The summed E-state index contributed by atoms with van der Waals surface area (Å²) in [4.78, 5) is 24.5. The smallest absolute Gasteiger partial charge is 0.320 e. The molecule has 156 valence electrons. The molecule has 0 bridgehead atoms. The maximum absolute atomic E-state index is 12.2. The summed E-state index contributed by atoms with van der Waals surface area (Å²) in [5, 5.41) is 1.50. The lowest BCUT2D eigenvalue weighted by atomic mass is 9.93. The molecular weight excluding hydrogens is 376 g/mol. The van der Waals surface area contributed by atoms with E-state index < -0.39 is 23.9 Å². The third-order valence-corrected chi connectivity index (χ3v) is 4.61. The van der Waals surface area contributed by atoms with E-state index in [4.69, 9.17) is 24.8 Å². The summed E-state index contributed by atoms with van der Waals surface area (Å²) in [7, 11) is 5.51. The quantitative estimate of drug-likeness (QED) is 0.296. The molecule has 8 nitrogen and oxygen atoms in total. The van der Waals surface area contributed by atoms with Crippen LogP contribution in [0.4, 0.5) is 5.69 Å². The average molecular weight is 402 g/mol. The number of hydrazine groups is 1. The van der Waals surface area contributed by atoms with Crippen molar-refractivity contribution in [1.29, 1.82) is 0 Å². The summed E-state index contributed by atoms with van der Waals surface area (Å²) in [6, 6.07) is 14.0. The molecule has 2 aromatic rings. The molecule has 2 N–H and O–H groups in total. The van der Waals surface area contributed by atoms with E-state index in [-0.39, 0.29) is 6.42 Å². The summed E-state index contributed by atoms with van der Waals surface area (Å²) in [6.07, 6.45) is 0.0419. The summed E-state index contributed by atoms with van der Waals surface area (Å²) < 4.78 is 20.3. The van der Waals surface area contributed by atoms with Gasteiger partial charge < -0.3 is 24.0 Å². The first-order valence-electron chi connectivity index (χ1n) is 8.93. The van der Waals surface area contributed by atoms with Gasteiger partial charge in [0.2, 0.25) is 0 Å². The van der Waals surface area contributed by atoms with E-state index in [1.165, 1.54) is 26.3 Å². The Bertz CT molecular complexity index is 811. The summed E-state index contributed by atoms with van der Waals surface area (Å²) >= 11 is 0. The lowest BCUT2D eigenvalue weighted by Crippen LogP contribution is -2.39. The molecule has 0 saturated carbocycles. The number of benzene rings is 2. The predicted octanol–water partition coefficient (Wildman–Crippen LogP) is 2.48. The van der Waals surface area contributed by atoms with Gasteiger partial charge in [-0.2, -0.15) is 0 Å². The van der Waals surface area contributed by atoms with Crippen LogP contribution in [0.15, 0.2) is 48.5 Å². The van der Waals surface area contributed by atoms with E-state index >= 15 is 0 Å². The van der Waals surface area contributed by atoms with Crippen molar-refractivity contribution in [2.45, 2.75) is 12.5 Å². The number of nitrogens with two attached hydrogens (primary N) is 1. The molecule has 29 heavy (non-hydrogen) atoms. The monoisotopic (exact) mass is 402 g/mol. The number of hydrogen-bond donors (Lipinski definition) is 1. The Morgan fingerprint density at radius 2 is 1.48 bits per heavy atom. The molecule has 1 unspecified atom stereocenters. The summed E-state index contributed by atoms with van der Waals surface area (Å²) in [5.41, 5.74) is 1.44. The third kappa shape index (κ3) is 5.17. The minimum Gasteiger partial charge on any atom is -0.493 e. The minimum absolute atomic E-state index is 0.0419. The standard InChI is InChI=1S/C21H26N2O6/c1-26-18-11-10-14(12-19(18)27-2)17(23(22)15-8-6-5-7-9-15)13-16(20(24)28-3)21(25)29-4/h5-12,16-17H,13,22H2,1-4H3. The number of para-hydroxylation sites is 1. The van der Waals surface area contributed by atoms with Crippen LogP contribution in [0.5, 0.6) is 11.5 Å². The molecule has 0 fully saturated rings. The molecular formula is C21H26N2O6. The minimum atomic E-state index is -1.14. The lowest BCUT2D eigenvalue weighted by molar-refractivity contribution is -0.159. The van der Waals surface area contributed by atoms with Crippen molar-refractivity contribution in [3.63, 3.8) is 0 Å². The number of hydrogen-bond acceptors (Lipinski definition) is 8. The van der Waals surface area contributed by atoms with Crippen LogP contribution in [0.25, 0.3) is 0 Å². The van der Waals surface area contributed by atoms with E-state index in [9.17, 15) is 9.59 Å². The topological polar surface area (TPSA) is 100 Å². The van der Waals surface area contributed by atoms with E-state index in [0.717, 1.165) is 5.56 Å². The first-order valence-corrected chi connectivity index (χ1v) is 8.93. The highest BCUT2D eigenvalue weighted by Gasteiger charge is 2.34. The van der Waals surface area contributed by atoms with Gasteiger partial charge in [-0.05, 0) is 36.2 Å². The Balaban J connectivity index is 2.50. The average Bonchev–Trinajstić information content (AvgIpc) is 2.78. The number of carbonyl (C=O) groups excluding carboxylic acids is 2. The van der Waals surface area contributed by atoms with Gasteiger partial charge in [0.05, 0.1) is 40.2 Å². The first kappa shape index (κ1) is 22.0. The van der Waals surface area contributed by atoms with Crippen LogP contribution in [-0.2, 0) is 19.1 Å². The van der Waals surface area contributed by atoms with Gasteiger partial charge in [0, 0.05) is 0 Å². The number of ether oxygens (including phenoxy) is 4. The van der Waals surface area contributed by atoms with Crippen LogP contribution in [0.1, 0.15) is 18.0 Å². The summed E-state index contributed by atoms with van der Waals surface area (Å²) in [6.45, 7) is 0. The highest BCUT2D eigenvalue weighted by atomic mass is 16.5. The van der Waals surface area contributed by atoms with Crippen molar-refractivity contribution in [3.8, 4) is 11.5 Å². The zero-order chi connectivity index (χ0) is 21.4. The Hall–Kier alpha value is -3.26. The fourth-order valence-electron chi connectivity index (χ4n) is 3.05. The zero-order valence-electron chi connectivity index (χ0n) is 17.0. The van der Waals surface area contributed by atoms with Gasteiger partial charge in [0.1, 0.15) is 0 Å². The largest absolute Gasteiger partial charge is 0.493 e. The fourth-order valence-corrected chi connectivity index (χ4v) is 3.05. The molecule has 2 rings (SSSR count). The Morgan fingerprint density at radius 1 is 0.897 bits per heavy atom. The number of anilines is 1. The second kappa shape index (κ2) is 10.3. The molecule has 0 saturated heterocycles. The molecule has 1 atom stereocenters. The molecule has 0 aliphatic heterocycles. The van der Waals surface area contributed by atoms with Crippen LogP contribution < -0.4 is 20.3 Å². The molecule has 0 aromatic heterocycles. The maximum atomic E-state index is 12.2. The third-order valence-electron chi connectivity index (χ3n) is 4.61. The fraction of sp³-hybridized carbons (Fsp3) is 0.333. The SMILES string of the molecule is COC(=O)C(CC(c1ccc(OC)c(OC)c1)N(N)c1ccccc1)C(=O)OC. The van der Waals surface area contributed by atoms with Gasteiger partial charge in [0.15, 0.2) is 17.4 Å². The number of methoxy groups -OCH3 is 4. The molecule has 0 aliphatic rings. The van der Waals surface area contributed by atoms with E-state index in [2.05, 4.69) is 0 Å². The molecule has 8 heteroatoms. The Kier molecular flexibility index (Phi) is 7.85. The van der Waals surface area contributed by atoms with Gasteiger partial charge >= 0.3 is 11.9 Å². The molecule has 0 radical (unpaired) electrons. The Labute approximate surface area is 170 Å². The second-order valence-electron chi connectivity index (χ2n) is 6.21. The second-order valence-corrected chi connectivity index (χ2v) is 6.21. The zero-order valence-corrected chi connectivity index (χ0v) is 17.0. The van der Waals surface area contributed by atoms with Crippen LogP contribution in [0.3, 0.4) is 0 Å². The normalized spacial score (nSPS) is 11.5. The summed E-state index contributed by atoms with van der Waals surface area (Å²) in [5.74, 6) is 4.95. The number of esters is 2. The van der Waals surface area contributed by atoms with Crippen molar-refractivity contribution < 1.29 is 28.5 Å². The van der Waals surface area contributed by atoms with Crippen LogP contribution in [0.2, 0.25) is 0 Å². The van der Waals surface area contributed by atoms with E-state index in [1.807, 2.05) is 30.3 Å². The molecule has 0 spiro atoms. The Morgan fingerprint density at radius 3 is 2.00 bits per heavy atom. The van der Waals surface area contributed by atoms with Crippen LogP contribution in [-0.4, -0.2) is 40.4 Å². The van der Waals surface area contributed by atoms with E-state index in [1.54, 1.807) is 25.3 Å². The molecule has 0 aliphatic carbocycles. The highest BCUT2D eigenvalue weighted by Crippen LogP contribution is 2.36. The van der Waals surface area contributed by atoms with Crippen molar-refractivity contribution in [1.82, 2.24) is 0 Å². The highest BCUT2D eigenvalue weighted by molar-refractivity contribution is 5.94. The van der Waals surface area contributed by atoms with E-state index in [0.29, 0.717) is 17.2 Å². The van der Waals surface area contributed by atoms with Gasteiger partial charge in [-0.3, -0.25) is 9.59 Å². The van der Waals surface area contributed by atoms with Crippen molar-refractivity contribution in [2.75, 3.05) is 33.4 Å². The molecule has 2 aromatic carbocycles. The van der Waals surface area contributed by atoms with Gasteiger partial charge in [0.25, 0.3) is 0 Å². The van der Waals surface area contributed by atoms with Crippen molar-refractivity contribution in [3.05, 3.63) is 54.1 Å². The molecule has 0 heterocycles. The number of nitrogens with zero attached hydrogens (tertiary/aromatic N) is 1. The van der Waals surface area contributed by atoms with Gasteiger partial charge in [-0.25, -0.2) is 5.84 Å². The van der Waals surface area contributed by atoms with Crippen LogP contribution in [0, 0.1) is 5.92 Å². The maximum Gasteiger partial charge on any atom is 0.320 e. The number of carbonyl (C=O) groups is 2. The predicted molar refractivity (Wildman–Crippen MR) is 108 cm³/mol. The van der Waals surface area contributed by atoms with Crippen molar-refractivity contribution in [2.24, 2.45) is 11.8 Å². The lowest BCUT2D eigenvalue weighted by Gasteiger charge is -2.31. The molecule has 0 amide bonds. The van der Waals surface area contributed by atoms with Crippen LogP contribution >= 0.6 is 0 Å². The first-order chi connectivity index (χ1) is 14.0.